The third-order valence-corrected chi connectivity index (χ3v) is 3.00. The summed E-state index contributed by atoms with van der Waals surface area (Å²) in [5, 5.41) is 2.82. The van der Waals surface area contributed by atoms with Gasteiger partial charge in [-0.25, -0.2) is 4.98 Å². The van der Waals surface area contributed by atoms with E-state index in [-0.39, 0.29) is 11.9 Å². The second-order valence-corrected chi connectivity index (χ2v) is 4.56. The lowest BCUT2D eigenvalue weighted by atomic mass is 10.2. The Morgan fingerprint density at radius 2 is 2.32 bits per heavy atom. The zero-order valence-electron chi connectivity index (χ0n) is 10.4. The molecule has 1 aromatic carbocycles. The van der Waals surface area contributed by atoms with Crippen molar-refractivity contribution in [2.45, 2.75) is 13.0 Å². The number of nitrogens with two attached hydrogens (primary N) is 1. The van der Waals surface area contributed by atoms with E-state index >= 15 is 0 Å². The summed E-state index contributed by atoms with van der Waals surface area (Å²) < 4.78 is 1.73. The topological polar surface area (TPSA) is 72.9 Å². The first kappa shape index (κ1) is 13.2. The van der Waals surface area contributed by atoms with E-state index in [0.29, 0.717) is 10.7 Å². The maximum atomic E-state index is 12.1. The van der Waals surface area contributed by atoms with Crippen LogP contribution in [0, 0.1) is 0 Å². The number of benzene rings is 1. The summed E-state index contributed by atoms with van der Waals surface area (Å²) in [4.78, 5) is 16.3. The normalized spacial score (nSPS) is 11.8. The number of aromatic nitrogens is 2. The highest BCUT2D eigenvalue weighted by Gasteiger charge is 2.14. The van der Waals surface area contributed by atoms with Crippen LogP contribution in [0.1, 0.15) is 18.5 Å². The van der Waals surface area contributed by atoms with Crippen LogP contribution >= 0.6 is 12.2 Å². The van der Waals surface area contributed by atoms with Gasteiger partial charge in [0.05, 0.1) is 6.33 Å². The molecule has 0 saturated carbocycles. The van der Waals surface area contributed by atoms with Crippen molar-refractivity contribution in [1.29, 1.82) is 0 Å². The summed E-state index contributed by atoms with van der Waals surface area (Å²) >= 11 is 4.90. The second-order valence-electron chi connectivity index (χ2n) is 4.12. The third kappa shape index (κ3) is 3.17. The Balaban J connectivity index is 2.11. The second kappa shape index (κ2) is 5.62. The first-order valence-electron chi connectivity index (χ1n) is 5.76. The third-order valence-electron chi connectivity index (χ3n) is 2.77. The van der Waals surface area contributed by atoms with Gasteiger partial charge in [0.1, 0.15) is 11.0 Å². The van der Waals surface area contributed by atoms with E-state index < -0.39 is 0 Å². The number of amides is 1. The van der Waals surface area contributed by atoms with Gasteiger partial charge in [0.15, 0.2) is 0 Å². The molecule has 1 heterocycles. The van der Waals surface area contributed by atoms with Crippen LogP contribution < -0.4 is 11.1 Å². The van der Waals surface area contributed by atoms with Crippen LogP contribution in [0.15, 0.2) is 43.0 Å². The lowest BCUT2D eigenvalue weighted by Gasteiger charge is -2.13. The standard InChI is InChI=1S/C13H14N4OS/c1-9(17-6-5-15-8-17)13(18)16-11-4-2-3-10(7-11)12(14)19/h2-9H,1H3,(H2,14,19)(H,16,18). The summed E-state index contributed by atoms with van der Waals surface area (Å²) in [7, 11) is 0. The summed E-state index contributed by atoms with van der Waals surface area (Å²) in [6.45, 7) is 1.80. The van der Waals surface area contributed by atoms with E-state index in [2.05, 4.69) is 10.3 Å². The van der Waals surface area contributed by atoms with E-state index in [1.165, 1.54) is 0 Å². The molecule has 0 aliphatic carbocycles. The molecule has 0 aliphatic rings. The lowest BCUT2D eigenvalue weighted by molar-refractivity contribution is -0.118. The van der Waals surface area contributed by atoms with Crippen LogP contribution in [0.4, 0.5) is 5.69 Å². The molecule has 6 heteroatoms. The fraction of sp³-hybridized carbons (Fsp3) is 0.154. The molecule has 1 aromatic heterocycles. The Bertz CT molecular complexity index is 594. The molecular weight excluding hydrogens is 260 g/mol. The summed E-state index contributed by atoms with van der Waals surface area (Å²) in [5.41, 5.74) is 6.95. The van der Waals surface area contributed by atoms with Crippen molar-refractivity contribution in [1.82, 2.24) is 9.55 Å². The predicted octanol–water partition coefficient (Wildman–Crippen LogP) is 1.72. The number of anilines is 1. The zero-order valence-corrected chi connectivity index (χ0v) is 11.2. The summed E-state index contributed by atoms with van der Waals surface area (Å²) in [6.07, 6.45) is 4.99. The van der Waals surface area contributed by atoms with Gasteiger partial charge in [-0.1, -0.05) is 24.4 Å². The summed E-state index contributed by atoms with van der Waals surface area (Å²) in [5.74, 6) is -0.127. The minimum atomic E-state index is -0.337. The monoisotopic (exact) mass is 274 g/mol. The SMILES string of the molecule is CC(C(=O)Nc1cccc(C(N)=S)c1)n1ccnc1. The van der Waals surface area contributed by atoms with Gasteiger partial charge < -0.3 is 15.6 Å². The number of carbonyl (C=O) groups is 1. The average molecular weight is 274 g/mol. The number of hydrogen-bond acceptors (Lipinski definition) is 3. The van der Waals surface area contributed by atoms with Crippen molar-refractivity contribution in [3.63, 3.8) is 0 Å². The predicted molar refractivity (Wildman–Crippen MR) is 77.9 cm³/mol. The molecule has 3 N–H and O–H groups in total. The number of rotatable bonds is 4. The minimum absolute atomic E-state index is 0.127. The number of carbonyl (C=O) groups excluding carboxylic acids is 1. The minimum Gasteiger partial charge on any atom is -0.389 e. The molecule has 0 spiro atoms. The molecule has 5 nitrogen and oxygen atoms in total. The van der Waals surface area contributed by atoms with Gasteiger partial charge in [0.25, 0.3) is 0 Å². The van der Waals surface area contributed by atoms with Crippen LogP contribution in [0.5, 0.6) is 0 Å². The Morgan fingerprint density at radius 3 is 2.95 bits per heavy atom. The van der Waals surface area contributed by atoms with Gasteiger partial charge in [-0.2, -0.15) is 0 Å². The maximum Gasteiger partial charge on any atom is 0.247 e. The first-order chi connectivity index (χ1) is 9.08. The van der Waals surface area contributed by atoms with Gasteiger partial charge in [-0.05, 0) is 19.1 Å². The van der Waals surface area contributed by atoms with Gasteiger partial charge in [0.2, 0.25) is 5.91 Å². The molecule has 19 heavy (non-hydrogen) atoms. The first-order valence-corrected chi connectivity index (χ1v) is 6.17. The molecule has 2 aromatic rings. The van der Waals surface area contributed by atoms with Crippen LogP contribution in [-0.4, -0.2) is 20.4 Å². The Labute approximate surface area is 116 Å². The van der Waals surface area contributed by atoms with Crippen molar-refractivity contribution >= 4 is 28.8 Å². The Morgan fingerprint density at radius 1 is 1.53 bits per heavy atom. The molecule has 0 bridgehead atoms. The quantitative estimate of drug-likeness (QED) is 0.833. The van der Waals surface area contributed by atoms with Gasteiger partial charge in [-0.15, -0.1) is 0 Å². The smallest absolute Gasteiger partial charge is 0.247 e. The number of nitrogens with zero attached hydrogens (tertiary/aromatic N) is 2. The molecule has 98 valence electrons. The highest BCUT2D eigenvalue weighted by atomic mass is 32.1. The van der Waals surface area contributed by atoms with Gasteiger partial charge >= 0.3 is 0 Å². The highest BCUT2D eigenvalue weighted by molar-refractivity contribution is 7.80. The Hall–Kier alpha value is -2.21. The van der Waals surface area contributed by atoms with E-state index in [0.717, 1.165) is 5.56 Å². The molecule has 0 fully saturated rings. The molecule has 2 rings (SSSR count). The van der Waals surface area contributed by atoms with E-state index in [4.69, 9.17) is 18.0 Å². The molecular formula is C13H14N4OS. The average Bonchev–Trinajstić information content (AvgIpc) is 2.92. The van der Waals surface area contributed by atoms with E-state index in [9.17, 15) is 4.79 Å². The van der Waals surface area contributed by atoms with Crippen molar-refractivity contribution < 1.29 is 4.79 Å². The molecule has 1 unspecified atom stereocenters. The number of hydrogen-bond donors (Lipinski definition) is 2. The zero-order chi connectivity index (χ0) is 13.8. The summed E-state index contributed by atoms with van der Waals surface area (Å²) in [6, 6.07) is 6.81. The van der Waals surface area contributed by atoms with Crippen molar-refractivity contribution in [3.05, 3.63) is 48.5 Å². The fourth-order valence-corrected chi connectivity index (χ4v) is 1.76. The fourth-order valence-electron chi connectivity index (χ4n) is 1.63. The molecule has 1 atom stereocenters. The molecule has 1 amide bonds. The van der Waals surface area contributed by atoms with E-state index in [1.807, 2.05) is 0 Å². The van der Waals surface area contributed by atoms with Crippen LogP contribution in [-0.2, 0) is 4.79 Å². The van der Waals surface area contributed by atoms with Crippen LogP contribution in [0.3, 0.4) is 0 Å². The van der Waals surface area contributed by atoms with Crippen molar-refractivity contribution in [3.8, 4) is 0 Å². The highest BCUT2D eigenvalue weighted by Crippen LogP contribution is 2.13. The molecule has 0 saturated heterocycles. The van der Waals surface area contributed by atoms with Crippen molar-refractivity contribution in [2.24, 2.45) is 5.73 Å². The Kier molecular flexibility index (Phi) is 3.91. The van der Waals surface area contributed by atoms with E-state index in [1.54, 1.807) is 54.5 Å². The molecule has 0 aliphatic heterocycles. The number of imidazole rings is 1. The van der Waals surface area contributed by atoms with Gasteiger partial charge in [0, 0.05) is 23.6 Å². The number of nitrogens with one attached hydrogen (secondary N) is 1. The van der Waals surface area contributed by atoms with Crippen LogP contribution in [0.25, 0.3) is 0 Å². The lowest BCUT2D eigenvalue weighted by Crippen LogP contribution is -2.23. The number of thiocarbonyl (C=S) groups is 1. The van der Waals surface area contributed by atoms with Crippen LogP contribution in [0.2, 0.25) is 0 Å². The largest absolute Gasteiger partial charge is 0.389 e. The maximum absolute atomic E-state index is 12.1. The molecule has 0 radical (unpaired) electrons. The van der Waals surface area contributed by atoms with Crippen molar-refractivity contribution in [2.75, 3.05) is 5.32 Å². The van der Waals surface area contributed by atoms with Gasteiger partial charge in [-0.3, -0.25) is 4.79 Å².